The van der Waals surface area contributed by atoms with Crippen LogP contribution >= 0.6 is 0 Å². The number of carbonyl (C=O) groups excluding carboxylic acids is 2. The predicted octanol–water partition coefficient (Wildman–Crippen LogP) is 6.71. The van der Waals surface area contributed by atoms with E-state index in [1.54, 1.807) is 12.2 Å². The van der Waals surface area contributed by atoms with Crippen LogP contribution in [0.25, 0.3) is 0 Å². The molecule has 12 unspecified atom stereocenters. The summed E-state index contributed by atoms with van der Waals surface area (Å²) >= 11 is 0. The predicted molar refractivity (Wildman–Crippen MR) is 166 cm³/mol. The first-order chi connectivity index (χ1) is 19.3. The molecule has 0 spiro atoms. The molecule has 0 saturated carbocycles. The van der Waals surface area contributed by atoms with Crippen LogP contribution in [-0.4, -0.2) is 51.7 Å². The molecule has 0 amide bonds. The lowest BCUT2D eigenvalue weighted by Crippen LogP contribution is -2.42. The van der Waals surface area contributed by atoms with E-state index in [9.17, 15) is 24.9 Å². The van der Waals surface area contributed by atoms with E-state index in [-0.39, 0.29) is 67.1 Å². The fraction of sp³-hybridized carbons (Fsp3) is 0.714. The Labute approximate surface area is 253 Å². The molecule has 0 aromatic rings. The summed E-state index contributed by atoms with van der Waals surface area (Å²) in [7, 11) is 0. The highest BCUT2D eigenvalue weighted by Gasteiger charge is 2.43. The van der Waals surface area contributed by atoms with Crippen molar-refractivity contribution in [3.05, 3.63) is 47.3 Å². The zero-order valence-electron chi connectivity index (χ0n) is 26.1. The molecule has 0 radical (unpaired) electrons. The Kier molecular flexibility index (Phi) is 13.1. The normalized spacial score (nSPS) is 36.6. The van der Waals surface area contributed by atoms with Gasteiger partial charge in [0.25, 0.3) is 0 Å². The highest BCUT2D eigenvalue weighted by molar-refractivity contribution is 5.72. The van der Waals surface area contributed by atoms with Crippen LogP contribution in [0.1, 0.15) is 88.5 Å². The van der Waals surface area contributed by atoms with Gasteiger partial charge in [-0.15, -0.1) is 0 Å². The van der Waals surface area contributed by atoms with Crippen LogP contribution in [-0.2, 0) is 19.1 Å². The van der Waals surface area contributed by atoms with Gasteiger partial charge >= 0.3 is 11.9 Å². The third-order valence-corrected chi connectivity index (χ3v) is 9.98. The van der Waals surface area contributed by atoms with Crippen LogP contribution in [0.3, 0.4) is 0 Å². The van der Waals surface area contributed by atoms with Crippen molar-refractivity contribution >= 4 is 11.9 Å². The average Bonchev–Trinajstić information content (AvgIpc) is 2.92. The second-order valence-corrected chi connectivity index (χ2v) is 12.9. The molecular weight excluding hydrogens is 532 g/mol. The Morgan fingerprint density at radius 1 is 0.833 bits per heavy atom. The molecule has 7 nitrogen and oxygen atoms in total. The van der Waals surface area contributed by atoms with E-state index in [1.807, 2.05) is 40.7 Å². The van der Waals surface area contributed by atoms with Gasteiger partial charge in [0.15, 0.2) is 0 Å². The van der Waals surface area contributed by atoms with Crippen LogP contribution in [0, 0.1) is 47.3 Å². The van der Waals surface area contributed by atoms with Gasteiger partial charge in [0.1, 0.15) is 12.2 Å². The molecule has 4 aliphatic carbocycles. The molecule has 0 saturated heterocycles. The van der Waals surface area contributed by atoms with Gasteiger partial charge in [-0.1, -0.05) is 87.1 Å². The summed E-state index contributed by atoms with van der Waals surface area (Å²) in [5.74, 6) is 1.16. The minimum atomic E-state index is -0.629. The van der Waals surface area contributed by atoms with E-state index in [0.717, 1.165) is 24.0 Å². The minimum Gasteiger partial charge on any atom is -0.512 e. The van der Waals surface area contributed by atoms with Crippen LogP contribution in [0.2, 0.25) is 0 Å². The average molecular weight is 589 g/mol. The smallest absolute Gasteiger partial charge is 0.308 e. The number of fused-ring (bicyclic) bond motifs is 2. The van der Waals surface area contributed by atoms with Crippen molar-refractivity contribution in [1.29, 1.82) is 0 Å². The van der Waals surface area contributed by atoms with Gasteiger partial charge in [0.05, 0.1) is 29.8 Å². The largest absolute Gasteiger partial charge is 0.512 e. The number of ether oxygens (including phenoxy) is 2. The molecule has 0 fully saturated rings. The zero-order valence-corrected chi connectivity index (χ0v) is 26.1. The van der Waals surface area contributed by atoms with E-state index >= 15 is 0 Å². The van der Waals surface area contributed by atoms with E-state index in [4.69, 9.17) is 9.47 Å². The van der Waals surface area contributed by atoms with Crippen molar-refractivity contribution < 1.29 is 34.4 Å². The monoisotopic (exact) mass is 588 g/mol. The molecule has 0 bridgehead atoms. The van der Waals surface area contributed by atoms with Crippen LogP contribution < -0.4 is 0 Å². The fourth-order valence-corrected chi connectivity index (χ4v) is 6.35. The molecule has 42 heavy (non-hydrogen) atoms. The topological polar surface area (TPSA) is 113 Å². The van der Waals surface area contributed by atoms with Crippen molar-refractivity contribution in [2.45, 2.75) is 113 Å². The molecule has 4 aliphatic rings. The number of rotatable bonds is 6. The molecule has 12 atom stereocenters. The van der Waals surface area contributed by atoms with Gasteiger partial charge in [-0.3, -0.25) is 9.59 Å². The number of esters is 2. The molecule has 0 aromatic heterocycles. The first-order valence-corrected chi connectivity index (χ1v) is 15.6. The molecule has 4 rings (SSSR count). The Balaban J connectivity index is 0.000000287. The number of carbonyl (C=O) groups is 2. The lowest BCUT2D eigenvalue weighted by atomic mass is 9.68. The summed E-state index contributed by atoms with van der Waals surface area (Å²) in [6.45, 7) is 16.1. The van der Waals surface area contributed by atoms with E-state index in [2.05, 4.69) is 32.9 Å². The summed E-state index contributed by atoms with van der Waals surface area (Å²) in [4.78, 5) is 24.2. The van der Waals surface area contributed by atoms with Gasteiger partial charge in [0, 0.05) is 30.6 Å². The Morgan fingerprint density at radius 2 is 1.29 bits per heavy atom. The van der Waals surface area contributed by atoms with Crippen molar-refractivity contribution in [3.63, 3.8) is 0 Å². The Hall–Kier alpha value is -2.38. The molecule has 0 heterocycles. The number of hydrogen-bond donors (Lipinski definition) is 3. The number of aliphatic hydroxyl groups is 3. The van der Waals surface area contributed by atoms with Gasteiger partial charge in [-0.2, -0.15) is 0 Å². The quantitative estimate of drug-likeness (QED) is 0.296. The van der Waals surface area contributed by atoms with E-state index < -0.39 is 12.2 Å². The highest BCUT2D eigenvalue weighted by atomic mass is 16.5. The minimum absolute atomic E-state index is 0. The number of aliphatic hydroxyl groups excluding tert-OH is 3. The standard InChI is InChI=1S/C17H26O4.C17H26O3.CH4/c1-5-9(2)17(20)21-15-8-13(18)6-12-7-14(19)10(3)11(4)16(12)15;1-5-10(2)17(19)20-15-9-14(18)8-13-7-6-11(3)12(4)16(13)15;/h6-7,9-11,13,15-16,18-19H,5,8H2,1-4H3;6-8,10-12,14-16,18H,5,9H2,1-4H3;1H4. The lowest BCUT2D eigenvalue weighted by Gasteiger charge is -2.42. The first kappa shape index (κ1) is 35.8. The summed E-state index contributed by atoms with van der Waals surface area (Å²) < 4.78 is 11.4. The molecule has 3 N–H and O–H groups in total. The maximum absolute atomic E-state index is 12.1. The highest BCUT2D eigenvalue weighted by Crippen LogP contribution is 2.44. The van der Waals surface area contributed by atoms with Crippen LogP contribution in [0.4, 0.5) is 0 Å². The summed E-state index contributed by atoms with van der Waals surface area (Å²) in [6, 6.07) is 0. The second-order valence-electron chi connectivity index (χ2n) is 12.9. The molecule has 0 aromatic carbocycles. The SMILES string of the molecule is C.CCC(C)C(=O)OC1CC(O)C=C2C=C(O)C(C)C(C)C21.CCC(C)C(=O)OC1CC(O)C=C2C=CC(C)C(C)C21. The maximum Gasteiger partial charge on any atom is 0.308 e. The van der Waals surface area contributed by atoms with E-state index in [0.29, 0.717) is 30.4 Å². The van der Waals surface area contributed by atoms with Crippen molar-refractivity contribution in [2.24, 2.45) is 47.3 Å². The van der Waals surface area contributed by atoms with Gasteiger partial charge in [-0.05, 0) is 47.8 Å². The summed E-state index contributed by atoms with van der Waals surface area (Å²) in [5.41, 5.74) is 2.01. The Morgan fingerprint density at radius 3 is 1.76 bits per heavy atom. The Bertz CT molecular complexity index is 1060. The van der Waals surface area contributed by atoms with Gasteiger partial charge in [0.2, 0.25) is 0 Å². The van der Waals surface area contributed by atoms with Crippen LogP contribution in [0.5, 0.6) is 0 Å². The van der Waals surface area contributed by atoms with Crippen LogP contribution in [0.15, 0.2) is 47.3 Å². The number of allylic oxidation sites excluding steroid dienone is 4. The second kappa shape index (κ2) is 15.4. The van der Waals surface area contributed by atoms with Gasteiger partial charge in [-0.25, -0.2) is 0 Å². The fourth-order valence-electron chi connectivity index (χ4n) is 6.35. The van der Waals surface area contributed by atoms with E-state index in [1.165, 1.54) is 0 Å². The molecule has 238 valence electrons. The van der Waals surface area contributed by atoms with Gasteiger partial charge < -0.3 is 24.8 Å². The molecule has 7 heteroatoms. The lowest BCUT2D eigenvalue weighted by molar-refractivity contribution is -0.160. The third-order valence-electron chi connectivity index (χ3n) is 9.98. The maximum atomic E-state index is 12.1. The third kappa shape index (κ3) is 8.16. The molecule has 0 aliphatic heterocycles. The summed E-state index contributed by atoms with van der Waals surface area (Å²) in [5, 5.41) is 30.0. The first-order valence-electron chi connectivity index (χ1n) is 15.6. The van der Waals surface area contributed by atoms with Crippen molar-refractivity contribution in [3.8, 4) is 0 Å². The van der Waals surface area contributed by atoms with Crippen molar-refractivity contribution in [1.82, 2.24) is 0 Å². The summed E-state index contributed by atoms with van der Waals surface area (Å²) in [6.07, 6.45) is 10.5. The number of hydrogen-bond acceptors (Lipinski definition) is 7. The van der Waals surface area contributed by atoms with Crippen molar-refractivity contribution in [2.75, 3.05) is 0 Å². The zero-order chi connectivity index (χ0) is 30.6. The molecular formula is C35H56O7.